The maximum absolute atomic E-state index is 2.44. The van der Waals surface area contributed by atoms with Crippen molar-refractivity contribution in [3.63, 3.8) is 0 Å². The second-order valence-corrected chi connectivity index (χ2v) is 7.86. The van der Waals surface area contributed by atoms with Crippen molar-refractivity contribution in [1.29, 1.82) is 0 Å². The van der Waals surface area contributed by atoms with Crippen molar-refractivity contribution in [3.05, 3.63) is 0 Å². The zero-order valence-electron chi connectivity index (χ0n) is 12.8. The monoisotopic (exact) mass is 226 g/mol. The van der Waals surface area contributed by atoms with Crippen LogP contribution < -0.4 is 0 Å². The average molecular weight is 226 g/mol. The molecule has 0 unspecified atom stereocenters. The molecule has 0 aliphatic carbocycles. The third-order valence-corrected chi connectivity index (χ3v) is 3.42. The van der Waals surface area contributed by atoms with Crippen LogP contribution in [0.3, 0.4) is 0 Å². The van der Waals surface area contributed by atoms with Crippen LogP contribution in [0.25, 0.3) is 0 Å². The van der Waals surface area contributed by atoms with Crippen LogP contribution in [0.15, 0.2) is 0 Å². The largest absolute Gasteiger partial charge is 0.0628 e. The normalized spacial score (nSPS) is 13.5. The highest BCUT2D eigenvalue weighted by molar-refractivity contribution is 4.71. The van der Waals surface area contributed by atoms with Gasteiger partial charge in [-0.1, -0.05) is 67.7 Å². The summed E-state index contributed by atoms with van der Waals surface area (Å²) in [5, 5.41) is 0. The van der Waals surface area contributed by atoms with Gasteiger partial charge in [0, 0.05) is 0 Å². The summed E-state index contributed by atoms with van der Waals surface area (Å²) in [4.78, 5) is 0. The summed E-state index contributed by atoms with van der Waals surface area (Å²) in [6, 6.07) is 0. The second-order valence-electron chi connectivity index (χ2n) is 7.86. The first-order chi connectivity index (χ1) is 7.12. The molecule has 98 valence electrons. The van der Waals surface area contributed by atoms with Crippen molar-refractivity contribution in [3.8, 4) is 0 Å². The Bertz CT molecular complexity index is 169. The van der Waals surface area contributed by atoms with E-state index in [0.29, 0.717) is 10.8 Å². The molecule has 0 N–H and O–H groups in total. The number of hydrogen-bond acceptors (Lipinski definition) is 0. The van der Waals surface area contributed by atoms with E-state index in [1.54, 1.807) is 0 Å². The van der Waals surface area contributed by atoms with Crippen molar-refractivity contribution in [2.45, 2.75) is 87.0 Å². The molecule has 0 aromatic heterocycles. The summed E-state index contributed by atoms with van der Waals surface area (Å²) in [6.45, 7) is 16.6. The Morgan fingerprint density at radius 1 is 0.750 bits per heavy atom. The molecule has 0 spiro atoms. The highest BCUT2D eigenvalue weighted by Crippen LogP contribution is 2.32. The van der Waals surface area contributed by atoms with Gasteiger partial charge in [-0.25, -0.2) is 0 Å². The Hall–Kier alpha value is 0. The molecular weight excluding hydrogens is 192 g/mol. The summed E-state index contributed by atoms with van der Waals surface area (Å²) in [5.74, 6) is 0.866. The third kappa shape index (κ3) is 10.5. The Morgan fingerprint density at radius 2 is 1.25 bits per heavy atom. The van der Waals surface area contributed by atoms with Crippen LogP contribution in [-0.4, -0.2) is 0 Å². The number of hydrogen-bond donors (Lipinski definition) is 0. The molecule has 0 amide bonds. The molecule has 0 saturated carbocycles. The Morgan fingerprint density at radius 3 is 1.69 bits per heavy atom. The van der Waals surface area contributed by atoms with Gasteiger partial charge in [0.25, 0.3) is 0 Å². The Kier molecular flexibility index (Phi) is 6.67. The zero-order valence-corrected chi connectivity index (χ0v) is 12.8. The lowest BCUT2D eigenvalue weighted by molar-refractivity contribution is 0.255. The first-order valence-corrected chi connectivity index (χ1v) is 7.12. The van der Waals surface area contributed by atoms with Gasteiger partial charge in [0.15, 0.2) is 0 Å². The summed E-state index contributed by atoms with van der Waals surface area (Å²) in [7, 11) is 0. The molecule has 0 atom stereocenters. The molecule has 0 aliphatic heterocycles. The van der Waals surface area contributed by atoms with Gasteiger partial charge in [0.2, 0.25) is 0 Å². The van der Waals surface area contributed by atoms with E-state index >= 15 is 0 Å². The third-order valence-electron chi connectivity index (χ3n) is 3.42. The van der Waals surface area contributed by atoms with Gasteiger partial charge in [-0.3, -0.25) is 0 Å². The SMILES string of the molecule is CC(C)CCCC(C)(C)CCCC(C)(C)C. The molecule has 0 aliphatic rings. The molecule has 0 heterocycles. The standard InChI is InChI=1S/C16H34/c1-14(2)10-8-12-16(6,7)13-9-11-15(3,4)5/h14H,8-13H2,1-7H3. The lowest BCUT2D eigenvalue weighted by Crippen LogP contribution is -2.13. The maximum Gasteiger partial charge on any atom is -0.0354 e. The van der Waals surface area contributed by atoms with E-state index in [2.05, 4.69) is 48.5 Å². The van der Waals surface area contributed by atoms with Crippen LogP contribution in [0, 0.1) is 16.7 Å². The minimum absolute atomic E-state index is 0.508. The van der Waals surface area contributed by atoms with E-state index in [4.69, 9.17) is 0 Å². The zero-order chi connectivity index (χ0) is 12.8. The van der Waals surface area contributed by atoms with Crippen LogP contribution in [0.1, 0.15) is 87.0 Å². The highest BCUT2D eigenvalue weighted by atomic mass is 14.2. The first-order valence-electron chi connectivity index (χ1n) is 7.12. The molecule has 0 fully saturated rings. The molecule has 0 heteroatoms. The molecule has 0 aromatic rings. The van der Waals surface area contributed by atoms with Crippen LogP contribution >= 0.6 is 0 Å². The summed E-state index contributed by atoms with van der Waals surface area (Å²) >= 11 is 0. The van der Waals surface area contributed by atoms with Crippen molar-refractivity contribution >= 4 is 0 Å². The predicted octanol–water partition coefficient (Wildman–Crippen LogP) is 6.06. The van der Waals surface area contributed by atoms with Gasteiger partial charge >= 0.3 is 0 Å². The smallest absolute Gasteiger partial charge is 0.0354 e. The summed E-state index contributed by atoms with van der Waals surface area (Å²) in [5.41, 5.74) is 1.06. The average Bonchev–Trinajstić information content (AvgIpc) is 1.99. The first kappa shape index (κ1) is 16.0. The molecule has 0 bridgehead atoms. The fourth-order valence-corrected chi connectivity index (χ4v) is 2.21. The van der Waals surface area contributed by atoms with E-state index < -0.39 is 0 Å². The minimum atomic E-state index is 0.508. The van der Waals surface area contributed by atoms with E-state index in [1.807, 2.05) is 0 Å². The molecule has 0 rings (SSSR count). The van der Waals surface area contributed by atoms with Gasteiger partial charge in [-0.2, -0.15) is 0 Å². The van der Waals surface area contributed by atoms with E-state index in [1.165, 1.54) is 38.5 Å². The van der Waals surface area contributed by atoms with Crippen LogP contribution in [-0.2, 0) is 0 Å². The van der Waals surface area contributed by atoms with E-state index in [9.17, 15) is 0 Å². The molecule has 0 aromatic carbocycles. The minimum Gasteiger partial charge on any atom is -0.0628 e. The van der Waals surface area contributed by atoms with Crippen LogP contribution in [0.5, 0.6) is 0 Å². The molecule has 0 nitrogen and oxygen atoms in total. The van der Waals surface area contributed by atoms with Gasteiger partial charge in [-0.05, 0) is 36.0 Å². The molecule has 0 saturated heterocycles. The van der Waals surface area contributed by atoms with Gasteiger partial charge in [-0.15, -0.1) is 0 Å². The molecular formula is C16H34. The highest BCUT2D eigenvalue weighted by Gasteiger charge is 2.19. The van der Waals surface area contributed by atoms with E-state index in [-0.39, 0.29) is 0 Å². The van der Waals surface area contributed by atoms with Crippen LogP contribution in [0.4, 0.5) is 0 Å². The maximum atomic E-state index is 2.44. The predicted molar refractivity (Wildman–Crippen MR) is 75.8 cm³/mol. The van der Waals surface area contributed by atoms with Gasteiger partial charge in [0.05, 0.1) is 0 Å². The van der Waals surface area contributed by atoms with Crippen molar-refractivity contribution in [2.24, 2.45) is 16.7 Å². The Balaban J connectivity index is 3.70. The quantitative estimate of drug-likeness (QED) is 0.495. The van der Waals surface area contributed by atoms with Crippen molar-refractivity contribution in [1.82, 2.24) is 0 Å². The summed E-state index contributed by atoms with van der Waals surface area (Å²) < 4.78 is 0. The van der Waals surface area contributed by atoms with Crippen LogP contribution in [0.2, 0.25) is 0 Å². The van der Waals surface area contributed by atoms with Gasteiger partial charge < -0.3 is 0 Å². The van der Waals surface area contributed by atoms with E-state index in [0.717, 1.165) is 5.92 Å². The molecule has 0 radical (unpaired) electrons. The second kappa shape index (κ2) is 6.67. The Labute approximate surface area is 104 Å². The summed E-state index contributed by atoms with van der Waals surface area (Å²) in [6.07, 6.45) is 8.33. The van der Waals surface area contributed by atoms with Crippen molar-refractivity contribution < 1.29 is 0 Å². The fraction of sp³-hybridized carbons (Fsp3) is 1.00. The van der Waals surface area contributed by atoms with Gasteiger partial charge in [0.1, 0.15) is 0 Å². The fourth-order valence-electron chi connectivity index (χ4n) is 2.21. The lowest BCUT2D eigenvalue weighted by Gasteiger charge is -2.27. The molecule has 16 heavy (non-hydrogen) atoms. The number of rotatable bonds is 7. The topological polar surface area (TPSA) is 0 Å². The van der Waals surface area contributed by atoms with Crippen molar-refractivity contribution in [2.75, 3.05) is 0 Å². The lowest BCUT2D eigenvalue weighted by atomic mass is 9.79.